The third kappa shape index (κ3) is 3.06. The molecule has 0 aromatic heterocycles. The number of aliphatic hydroxyl groups is 1. The van der Waals surface area contributed by atoms with E-state index in [2.05, 4.69) is 0 Å². The van der Waals surface area contributed by atoms with Crippen LogP contribution >= 0.6 is 0 Å². The van der Waals surface area contributed by atoms with Gasteiger partial charge in [0.1, 0.15) is 17.2 Å². The number of hydrogen-bond donors (Lipinski definition) is 3. The summed E-state index contributed by atoms with van der Waals surface area (Å²) in [5.41, 5.74) is 5.61. The first-order valence-corrected chi connectivity index (χ1v) is 10.3. The standard InChI is InChI=1S/C25H24O6/c1-29-20-10-14(4-8-19(20)27)18-12-31-22-11-21(30-2)23-16-7-5-15(26)9-13(16)3-6-17(23)24(22)25(18)28/h4-5,7-11,18,25-28H,3,6,12H2,1-2H3/t18-,25+/m1/s1. The van der Waals surface area contributed by atoms with Gasteiger partial charge in [-0.1, -0.05) is 12.1 Å². The Kier molecular flexibility index (Phi) is 4.67. The van der Waals surface area contributed by atoms with Crippen molar-refractivity contribution in [2.45, 2.75) is 24.9 Å². The summed E-state index contributed by atoms with van der Waals surface area (Å²) < 4.78 is 17.0. The Hall–Kier alpha value is -3.38. The molecular weight excluding hydrogens is 396 g/mol. The first-order chi connectivity index (χ1) is 15.0. The molecule has 3 N–H and O–H groups in total. The number of methoxy groups -OCH3 is 2. The van der Waals surface area contributed by atoms with E-state index < -0.39 is 6.10 Å². The van der Waals surface area contributed by atoms with Crippen LogP contribution in [0.25, 0.3) is 11.1 Å². The predicted molar refractivity (Wildman–Crippen MR) is 115 cm³/mol. The van der Waals surface area contributed by atoms with Crippen LogP contribution in [-0.2, 0) is 12.8 Å². The fourth-order valence-electron chi connectivity index (χ4n) is 4.83. The van der Waals surface area contributed by atoms with Crippen molar-refractivity contribution in [1.29, 1.82) is 0 Å². The van der Waals surface area contributed by atoms with E-state index in [1.165, 1.54) is 7.11 Å². The van der Waals surface area contributed by atoms with Gasteiger partial charge in [0.15, 0.2) is 11.5 Å². The predicted octanol–water partition coefficient (Wildman–Crippen LogP) is 4.09. The van der Waals surface area contributed by atoms with E-state index in [1.807, 2.05) is 12.1 Å². The average Bonchev–Trinajstić information content (AvgIpc) is 2.78. The molecule has 0 spiro atoms. The van der Waals surface area contributed by atoms with E-state index in [9.17, 15) is 15.3 Å². The molecular formula is C25H24O6. The van der Waals surface area contributed by atoms with Crippen LogP contribution in [0.1, 0.15) is 34.3 Å². The highest BCUT2D eigenvalue weighted by atomic mass is 16.5. The second kappa shape index (κ2) is 7.39. The maximum atomic E-state index is 11.5. The molecule has 2 aliphatic rings. The van der Waals surface area contributed by atoms with E-state index >= 15 is 0 Å². The molecule has 5 rings (SSSR count). The number of aliphatic hydroxyl groups excluding tert-OH is 1. The minimum absolute atomic E-state index is 0.0554. The molecule has 160 valence electrons. The molecule has 0 bridgehead atoms. The molecule has 0 amide bonds. The number of hydrogen-bond acceptors (Lipinski definition) is 6. The fourth-order valence-corrected chi connectivity index (χ4v) is 4.83. The third-order valence-electron chi connectivity index (χ3n) is 6.35. The van der Waals surface area contributed by atoms with E-state index in [1.54, 1.807) is 37.4 Å². The molecule has 0 saturated heterocycles. The SMILES string of the molecule is COc1cc([C@H]2COc3cc(OC)c4c(c3[C@H]2O)CCc2cc(O)ccc2-4)ccc1O. The molecule has 3 aromatic carbocycles. The van der Waals surface area contributed by atoms with E-state index in [0.717, 1.165) is 39.8 Å². The van der Waals surface area contributed by atoms with Crippen molar-refractivity contribution in [1.82, 2.24) is 0 Å². The Balaban J connectivity index is 1.65. The van der Waals surface area contributed by atoms with Crippen LogP contribution in [0.2, 0.25) is 0 Å². The van der Waals surface area contributed by atoms with Crippen molar-refractivity contribution >= 4 is 0 Å². The van der Waals surface area contributed by atoms with Gasteiger partial charge in [-0.05, 0) is 59.4 Å². The quantitative estimate of drug-likeness (QED) is 0.592. The smallest absolute Gasteiger partial charge is 0.160 e. The highest BCUT2D eigenvalue weighted by Crippen LogP contribution is 2.51. The van der Waals surface area contributed by atoms with Gasteiger partial charge in [-0.3, -0.25) is 0 Å². The van der Waals surface area contributed by atoms with Gasteiger partial charge in [-0.25, -0.2) is 0 Å². The lowest BCUT2D eigenvalue weighted by atomic mass is 9.77. The van der Waals surface area contributed by atoms with Crippen LogP contribution in [0, 0.1) is 0 Å². The maximum absolute atomic E-state index is 11.5. The van der Waals surface area contributed by atoms with Crippen LogP contribution < -0.4 is 14.2 Å². The van der Waals surface area contributed by atoms with Gasteiger partial charge < -0.3 is 29.5 Å². The van der Waals surface area contributed by atoms with Crippen molar-refractivity contribution in [3.05, 3.63) is 64.7 Å². The van der Waals surface area contributed by atoms with Crippen LogP contribution in [0.5, 0.6) is 28.7 Å². The van der Waals surface area contributed by atoms with Crippen LogP contribution in [0.15, 0.2) is 42.5 Å². The summed E-state index contributed by atoms with van der Waals surface area (Å²) in [7, 11) is 3.13. The second-order valence-electron chi connectivity index (χ2n) is 7.98. The molecule has 31 heavy (non-hydrogen) atoms. The highest BCUT2D eigenvalue weighted by molar-refractivity contribution is 5.82. The topological polar surface area (TPSA) is 88.4 Å². The summed E-state index contributed by atoms with van der Waals surface area (Å²) >= 11 is 0. The fraction of sp³-hybridized carbons (Fsp3) is 0.280. The van der Waals surface area contributed by atoms with Crippen LogP contribution in [0.4, 0.5) is 0 Å². The van der Waals surface area contributed by atoms with Gasteiger partial charge in [0.05, 0.1) is 26.9 Å². The summed E-state index contributed by atoms with van der Waals surface area (Å²) in [6.45, 7) is 0.300. The number of aryl methyl sites for hydroxylation is 1. The summed E-state index contributed by atoms with van der Waals surface area (Å²) in [5.74, 6) is 1.68. The lowest BCUT2D eigenvalue weighted by molar-refractivity contribution is 0.0876. The first kappa shape index (κ1) is 19.6. The number of fused-ring (bicyclic) bond motifs is 5. The molecule has 0 saturated carbocycles. The maximum Gasteiger partial charge on any atom is 0.160 e. The Morgan fingerprint density at radius 3 is 2.52 bits per heavy atom. The first-order valence-electron chi connectivity index (χ1n) is 10.3. The zero-order valence-corrected chi connectivity index (χ0v) is 17.4. The number of phenolic OH excluding ortho intramolecular Hbond substituents is 2. The summed E-state index contributed by atoms with van der Waals surface area (Å²) in [5, 5.41) is 31.3. The van der Waals surface area contributed by atoms with E-state index in [0.29, 0.717) is 30.3 Å². The number of rotatable bonds is 3. The van der Waals surface area contributed by atoms with Crippen LogP contribution in [-0.4, -0.2) is 36.1 Å². The van der Waals surface area contributed by atoms with Gasteiger partial charge >= 0.3 is 0 Å². The number of benzene rings is 3. The molecule has 1 heterocycles. The van der Waals surface area contributed by atoms with Gasteiger partial charge in [0.25, 0.3) is 0 Å². The average molecular weight is 420 g/mol. The van der Waals surface area contributed by atoms with Gasteiger partial charge in [-0.15, -0.1) is 0 Å². The zero-order valence-electron chi connectivity index (χ0n) is 17.4. The van der Waals surface area contributed by atoms with Crippen molar-refractivity contribution in [3.8, 4) is 39.9 Å². The summed E-state index contributed by atoms with van der Waals surface area (Å²) in [6.07, 6.45) is 0.675. The Bertz CT molecular complexity index is 1170. The molecule has 1 aliphatic carbocycles. The minimum atomic E-state index is -0.781. The lowest BCUT2D eigenvalue weighted by Crippen LogP contribution is -2.26. The molecule has 1 aliphatic heterocycles. The summed E-state index contributed by atoms with van der Waals surface area (Å²) in [6, 6.07) is 12.3. The summed E-state index contributed by atoms with van der Waals surface area (Å²) in [4.78, 5) is 0. The van der Waals surface area contributed by atoms with Crippen molar-refractivity contribution in [2.24, 2.45) is 0 Å². The Morgan fingerprint density at radius 2 is 1.74 bits per heavy atom. The second-order valence-corrected chi connectivity index (χ2v) is 7.98. The van der Waals surface area contributed by atoms with Gasteiger partial charge in [-0.2, -0.15) is 0 Å². The minimum Gasteiger partial charge on any atom is -0.508 e. The Labute approximate surface area is 180 Å². The highest BCUT2D eigenvalue weighted by Gasteiger charge is 2.36. The lowest BCUT2D eigenvalue weighted by Gasteiger charge is -2.35. The van der Waals surface area contributed by atoms with E-state index in [-0.39, 0.29) is 17.4 Å². The van der Waals surface area contributed by atoms with Crippen molar-refractivity contribution in [2.75, 3.05) is 20.8 Å². The molecule has 3 aromatic rings. The van der Waals surface area contributed by atoms with Crippen molar-refractivity contribution < 1.29 is 29.5 Å². The molecule has 0 unspecified atom stereocenters. The molecule has 6 heteroatoms. The molecule has 6 nitrogen and oxygen atoms in total. The number of phenols is 2. The van der Waals surface area contributed by atoms with Crippen molar-refractivity contribution in [3.63, 3.8) is 0 Å². The zero-order chi connectivity index (χ0) is 21.7. The van der Waals surface area contributed by atoms with E-state index in [4.69, 9.17) is 14.2 Å². The van der Waals surface area contributed by atoms with Crippen LogP contribution in [0.3, 0.4) is 0 Å². The third-order valence-corrected chi connectivity index (χ3v) is 6.35. The monoisotopic (exact) mass is 420 g/mol. The molecule has 0 radical (unpaired) electrons. The Morgan fingerprint density at radius 1 is 0.935 bits per heavy atom. The van der Waals surface area contributed by atoms with Gasteiger partial charge in [0, 0.05) is 23.1 Å². The number of aromatic hydroxyl groups is 2. The molecule has 0 fully saturated rings. The molecule has 2 atom stereocenters. The normalized spacial score (nSPS) is 18.9. The van der Waals surface area contributed by atoms with Gasteiger partial charge in [0.2, 0.25) is 0 Å². The number of ether oxygens (including phenoxy) is 3. The largest absolute Gasteiger partial charge is 0.508 e.